The third-order valence-electron chi connectivity index (χ3n) is 5.28. The number of nitrogens with one attached hydrogen (secondary N) is 2. The van der Waals surface area contributed by atoms with E-state index in [1.807, 2.05) is 12.1 Å². The standard InChI is InChI=1S/C27H28N4O4S2/c1-27(2,3)31-37(33,34)22-8-6-5-7-21(22)17-9-13-19(14-10-17)29-25(32)24-23(30-26(28)36-24)18-11-15-20(35-4)16-12-18/h5-16,31H,1-4H3,(H2,28,30)(H,29,32). The molecule has 0 saturated heterocycles. The predicted molar refractivity (Wildman–Crippen MR) is 148 cm³/mol. The number of nitrogens with zero attached hydrogens (tertiary/aromatic N) is 1. The zero-order valence-corrected chi connectivity index (χ0v) is 22.5. The minimum Gasteiger partial charge on any atom is -0.497 e. The van der Waals surface area contributed by atoms with Crippen LogP contribution in [0.2, 0.25) is 0 Å². The Kier molecular flexibility index (Phi) is 7.35. The Labute approximate surface area is 220 Å². The number of sulfonamides is 1. The molecule has 0 aliphatic heterocycles. The third-order valence-corrected chi connectivity index (χ3v) is 7.98. The van der Waals surface area contributed by atoms with Crippen LogP contribution in [0.4, 0.5) is 10.8 Å². The topological polar surface area (TPSA) is 123 Å². The summed E-state index contributed by atoms with van der Waals surface area (Å²) in [6.07, 6.45) is 0. The molecule has 0 aliphatic rings. The lowest BCUT2D eigenvalue weighted by molar-refractivity contribution is 0.103. The van der Waals surface area contributed by atoms with Gasteiger partial charge in [0.1, 0.15) is 10.6 Å². The molecule has 1 aromatic heterocycles. The van der Waals surface area contributed by atoms with Crippen LogP contribution in [0.5, 0.6) is 5.75 Å². The first kappa shape index (κ1) is 26.3. The summed E-state index contributed by atoms with van der Waals surface area (Å²) in [5.41, 5.74) is 8.36. The van der Waals surface area contributed by atoms with E-state index >= 15 is 0 Å². The summed E-state index contributed by atoms with van der Waals surface area (Å²) in [5, 5.41) is 3.16. The van der Waals surface area contributed by atoms with Crippen LogP contribution in [-0.2, 0) is 10.0 Å². The largest absolute Gasteiger partial charge is 0.497 e. The van der Waals surface area contributed by atoms with Crippen molar-refractivity contribution in [1.29, 1.82) is 0 Å². The van der Waals surface area contributed by atoms with Gasteiger partial charge in [-0.05, 0) is 68.8 Å². The van der Waals surface area contributed by atoms with Crippen LogP contribution in [0.3, 0.4) is 0 Å². The summed E-state index contributed by atoms with van der Waals surface area (Å²) in [5.74, 6) is 0.353. The summed E-state index contributed by atoms with van der Waals surface area (Å²) < 4.78 is 33.9. The normalized spacial score (nSPS) is 11.8. The second-order valence-electron chi connectivity index (χ2n) is 9.34. The van der Waals surface area contributed by atoms with Gasteiger partial charge < -0.3 is 15.8 Å². The molecule has 37 heavy (non-hydrogen) atoms. The van der Waals surface area contributed by atoms with Crippen LogP contribution in [0.1, 0.15) is 30.4 Å². The molecule has 4 aromatic rings. The highest BCUT2D eigenvalue weighted by Crippen LogP contribution is 2.32. The summed E-state index contributed by atoms with van der Waals surface area (Å²) in [7, 11) is -2.16. The number of anilines is 2. The van der Waals surface area contributed by atoms with E-state index in [2.05, 4.69) is 15.0 Å². The molecular weight excluding hydrogens is 508 g/mol. The minimum absolute atomic E-state index is 0.186. The van der Waals surface area contributed by atoms with Crippen LogP contribution >= 0.6 is 11.3 Å². The summed E-state index contributed by atoms with van der Waals surface area (Å²) in [6, 6.07) is 21.0. The molecule has 10 heteroatoms. The molecule has 4 N–H and O–H groups in total. The molecule has 0 atom stereocenters. The Morgan fingerprint density at radius 3 is 2.19 bits per heavy atom. The summed E-state index contributed by atoms with van der Waals surface area (Å²) in [4.78, 5) is 18.0. The van der Waals surface area contributed by atoms with E-state index in [9.17, 15) is 13.2 Å². The number of nitrogen functional groups attached to an aromatic ring is 1. The van der Waals surface area contributed by atoms with Crippen molar-refractivity contribution in [1.82, 2.24) is 9.71 Å². The van der Waals surface area contributed by atoms with E-state index in [0.717, 1.165) is 16.9 Å². The maximum atomic E-state index is 13.1. The number of amides is 1. The smallest absolute Gasteiger partial charge is 0.268 e. The molecule has 4 rings (SSSR count). The van der Waals surface area contributed by atoms with Gasteiger partial charge in [-0.15, -0.1) is 0 Å². The van der Waals surface area contributed by atoms with Gasteiger partial charge in [-0.25, -0.2) is 18.1 Å². The second-order valence-corrected chi connectivity index (χ2v) is 12.0. The number of benzene rings is 3. The van der Waals surface area contributed by atoms with E-state index < -0.39 is 15.6 Å². The lowest BCUT2D eigenvalue weighted by atomic mass is 10.1. The number of rotatable bonds is 7. The van der Waals surface area contributed by atoms with E-state index in [-0.39, 0.29) is 15.9 Å². The average molecular weight is 537 g/mol. The lowest BCUT2D eigenvalue weighted by Crippen LogP contribution is -2.40. The molecule has 0 saturated carbocycles. The number of carbonyl (C=O) groups is 1. The molecule has 1 amide bonds. The SMILES string of the molecule is COc1ccc(-c2nc(N)sc2C(=O)Nc2ccc(-c3ccccc3S(=O)(=O)NC(C)(C)C)cc2)cc1. The van der Waals surface area contributed by atoms with Crippen molar-refractivity contribution in [2.75, 3.05) is 18.2 Å². The average Bonchev–Trinajstić information content (AvgIpc) is 3.25. The number of aromatic nitrogens is 1. The Morgan fingerprint density at radius 2 is 1.57 bits per heavy atom. The van der Waals surface area contributed by atoms with Crippen LogP contribution in [0.25, 0.3) is 22.4 Å². The Bertz CT molecular complexity index is 1520. The van der Waals surface area contributed by atoms with Crippen molar-refractivity contribution in [3.8, 4) is 28.1 Å². The number of carbonyl (C=O) groups excluding carboxylic acids is 1. The van der Waals surface area contributed by atoms with Gasteiger partial charge in [-0.1, -0.05) is 41.7 Å². The maximum Gasteiger partial charge on any atom is 0.268 e. The number of methoxy groups -OCH3 is 1. The summed E-state index contributed by atoms with van der Waals surface area (Å²) >= 11 is 1.11. The van der Waals surface area contributed by atoms with E-state index in [0.29, 0.717) is 33.1 Å². The van der Waals surface area contributed by atoms with Crippen LogP contribution < -0.4 is 20.5 Å². The van der Waals surface area contributed by atoms with Crippen LogP contribution in [0.15, 0.2) is 77.7 Å². The quantitative estimate of drug-likeness (QED) is 0.291. The van der Waals surface area contributed by atoms with Gasteiger partial charge in [-0.2, -0.15) is 0 Å². The van der Waals surface area contributed by atoms with Crippen molar-refractivity contribution < 1.29 is 17.9 Å². The zero-order chi connectivity index (χ0) is 26.8. The highest BCUT2D eigenvalue weighted by Gasteiger charge is 2.25. The number of hydrogen-bond donors (Lipinski definition) is 3. The van der Waals surface area contributed by atoms with Gasteiger partial charge in [0.2, 0.25) is 10.0 Å². The molecule has 1 heterocycles. The first-order valence-electron chi connectivity index (χ1n) is 11.4. The molecule has 0 aliphatic carbocycles. The van der Waals surface area contributed by atoms with Gasteiger partial charge in [0, 0.05) is 22.4 Å². The molecule has 8 nitrogen and oxygen atoms in total. The maximum absolute atomic E-state index is 13.1. The van der Waals surface area contributed by atoms with Crippen molar-refractivity contribution in [2.45, 2.75) is 31.2 Å². The molecule has 3 aromatic carbocycles. The molecule has 0 bridgehead atoms. The highest BCUT2D eigenvalue weighted by atomic mass is 32.2. The van der Waals surface area contributed by atoms with Crippen molar-refractivity contribution in [2.24, 2.45) is 0 Å². The molecule has 0 unspecified atom stereocenters. The van der Waals surface area contributed by atoms with Crippen molar-refractivity contribution in [3.05, 3.63) is 77.7 Å². The van der Waals surface area contributed by atoms with Crippen molar-refractivity contribution >= 4 is 38.1 Å². The molecule has 0 fully saturated rings. The molecule has 0 radical (unpaired) electrons. The number of thiazole rings is 1. The fourth-order valence-electron chi connectivity index (χ4n) is 3.75. The van der Waals surface area contributed by atoms with E-state index in [1.165, 1.54) is 0 Å². The number of ether oxygens (including phenoxy) is 1. The highest BCUT2D eigenvalue weighted by molar-refractivity contribution is 7.89. The predicted octanol–water partition coefficient (Wildman–Crippen LogP) is 5.40. The zero-order valence-electron chi connectivity index (χ0n) is 20.9. The van der Waals surface area contributed by atoms with Gasteiger partial charge in [0.15, 0.2) is 5.13 Å². The summed E-state index contributed by atoms with van der Waals surface area (Å²) in [6.45, 7) is 5.38. The fraction of sp³-hybridized carbons (Fsp3) is 0.185. The van der Waals surface area contributed by atoms with E-state index in [4.69, 9.17) is 10.5 Å². The van der Waals surface area contributed by atoms with E-state index in [1.54, 1.807) is 88.5 Å². The number of nitrogens with two attached hydrogens (primary N) is 1. The van der Waals surface area contributed by atoms with Gasteiger partial charge in [-0.3, -0.25) is 4.79 Å². The first-order chi connectivity index (χ1) is 17.5. The fourth-order valence-corrected chi connectivity index (χ4v) is 6.15. The van der Waals surface area contributed by atoms with Crippen LogP contribution in [0, 0.1) is 0 Å². The van der Waals surface area contributed by atoms with Crippen LogP contribution in [-0.4, -0.2) is 32.0 Å². The molecule has 192 valence electrons. The van der Waals surface area contributed by atoms with Crippen molar-refractivity contribution in [3.63, 3.8) is 0 Å². The first-order valence-corrected chi connectivity index (χ1v) is 13.7. The van der Waals surface area contributed by atoms with Gasteiger partial charge in [0.25, 0.3) is 5.91 Å². The monoisotopic (exact) mass is 536 g/mol. The Balaban J connectivity index is 1.58. The Hall–Kier alpha value is -3.73. The molecule has 0 spiro atoms. The third kappa shape index (κ3) is 6.16. The Morgan fingerprint density at radius 1 is 0.946 bits per heavy atom. The minimum atomic E-state index is -3.74. The van der Waals surface area contributed by atoms with Gasteiger partial charge in [0.05, 0.1) is 17.7 Å². The second kappa shape index (κ2) is 10.3. The van der Waals surface area contributed by atoms with Gasteiger partial charge >= 0.3 is 0 Å². The number of hydrogen-bond acceptors (Lipinski definition) is 7. The lowest BCUT2D eigenvalue weighted by Gasteiger charge is -2.21. The molecular formula is C27H28N4O4S2.